The second-order valence-electron chi connectivity index (χ2n) is 4.42. The molecule has 8 heteroatoms. The summed E-state index contributed by atoms with van der Waals surface area (Å²) in [6.45, 7) is 0.620. The van der Waals surface area contributed by atoms with Gasteiger partial charge in [0.15, 0.2) is 0 Å². The van der Waals surface area contributed by atoms with Gasteiger partial charge in [-0.3, -0.25) is 0 Å². The molecule has 2 rings (SSSR count). The standard InChI is InChI=1S/C12H14FNO5S/c13-11-4-3-9(20(14,16)17)6-10(11)12(15)19-7-8-2-1-5-18-8/h3-4,6,8H,1-2,5,7H2,(H2,14,16,17)/t8-/m1/s1. The maximum absolute atomic E-state index is 13.5. The van der Waals surface area contributed by atoms with Gasteiger partial charge in [-0.2, -0.15) is 0 Å². The van der Waals surface area contributed by atoms with Crippen molar-refractivity contribution < 1.29 is 27.1 Å². The zero-order chi connectivity index (χ0) is 14.8. The summed E-state index contributed by atoms with van der Waals surface area (Å²) in [5.41, 5.74) is -0.463. The van der Waals surface area contributed by atoms with E-state index in [1.807, 2.05) is 0 Å². The highest BCUT2D eigenvalue weighted by Crippen LogP contribution is 2.17. The largest absolute Gasteiger partial charge is 0.459 e. The average molecular weight is 303 g/mol. The number of primary sulfonamides is 1. The molecular weight excluding hydrogens is 289 g/mol. The third-order valence-corrected chi connectivity index (χ3v) is 3.82. The van der Waals surface area contributed by atoms with E-state index in [9.17, 15) is 17.6 Å². The molecule has 1 aliphatic rings. The maximum Gasteiger partial charge on any atom is 0.341 e. The Bertz CT molecular complexity index is 610. The van der Waals surface area contributed by atoms with Gasteiger partial charge in [0.25, 0.3) is 0 Å². The van der Waals surface area contributed by atoms with Gasteiger partial charge in [-0.15, -0.1) is 0 Å². The van der Waals surface area contributed by atoms with Gasteiger partial charge in [0.05, 0.1) is 16.6 Å². The molecule has 0 unspecified atom stereocenters. The summed E-state index contributed by atoms with van der Waals surface area (Å²) in [7, 11) is -4.01. The molecule has 0 bridgehead atoms. The summed E-state index contributed by atoms with van der Waals surface area (Å²) in [4.78, 5) is 11.4. The first-order valence-electron chi connectivity index (χ1n) is 5.99. The number of sulfonamides is 1. The molecule has 1 fully saturated rings. The lowest BCUT2D eigenvalue weighted by Crippen LogP contribution is -2.19. The smallest absolute Gasteiger partial charge is 0.341 e. The van der Waals surface area contributed by atoms with Gasteiger partial charge >= 0.3 is 5.97 Å². The molecule has 1 aromatic rings. The number of carbonyl (C=O) groups is 1. The lowest BCUT2D eigenvalue weighted by Gasteiger charge is -2.11. The van der Waals surface area contributed by atoms with Crippen LogP contribution in [0.2, 0.25) is 0 Å². The molecule has 0 radical (unpaired) electrons. The summed E-state index contributed by atoms with van der Waals surface area (Å²) in [6, 6.07) is 2.71. The number of halogens is 1. The first-order chi connectivity index (χ1) is 9.38. The van der Waals surface area contributed by atoms with Gasteiger partial charge in [0.1, 0.15) is 12.4 Å². The Hall–Kier alpha value is -1.51. The Morgan fingerprint density at radius 2 is 2.25 bits per heavy atom. The van der Waals surface area contributed by atoms with Crippen molar-refractivity contribution >= 4 is 16.0 Å². The zero-order valence-corrected chi connectivity index (χ0v) is 11.4. The number of nitrogens with two attached hydrogens (primary N) is 1. The minimum Gasteiger partial charge on any atom is -0.459 e. The monoisotopic (exact) mass is 303 g/mol. The lowest BCUT2D eigenvalue weighted by molar-refractivity contribution is 0.0157. The minimum atomic E-state index is -4.01. The van der Waals surface area contributed by atoms with Gasteiger partial charge in [-0.1, -0.05) is 0 Å². The summed E-state index contributed by atoms with van der Waals surface area (Å²) in [5, 5.41) is 4.93. The van der Waals surface area contributed by atoms with Crippen LogP contribution in [0, 0.1) is 5.82 Å². The molecular formula is C12H14FNO5S. The third kappa shape index (κ3) is 3.53. The lowest BCUT2D eigenvalue weighted by atomic mass is 10.2. The predicted molar refractivity (Wildman–Crippen MR) is 67.0 cm³/mol. The number of rotatable bonds is 4. The Balaban J connectivity index is 2.12. The third-order valence-electron chi connectivity index (χ3n) is 2.91. The molecule has 6 nitrogen and oxygen atoms in total. The molecule has 1 heterocycles. The maximum atomic E-state index is 13.5. The number of carbonyl (C=O) groups excluding carboxylic acids is 1. The van der Waals surface area contributed by atoms with Crippen molar-refractivity contribution in [3.63, 3.8) is 0 Å². The summed E-state index contributed by atoms with van der Waals surface area (Å²) in [5.74, 6) is -1.81. The Morgan fingerprint density at radius 3 is 2.85 bits per heavy atom. The number of hydrogen-bond donors (Lipinski definition) is 1. The van der Waals surface area contributed by atoms with E-state index < -0.39 is 27.4 Å². The van der Waals surface area contributed by atoms with Crippen molar-refractivity contribution in [2.24, 2.45) is 5.14 Å². The molecule has 110 valence electrons. The highest BCUT2D eigenvalue weighted by Gasteiger charge is 2.21. The molecule has 0 spiro atoms. The molecule has 0 amide bonds. The van der Waals surface area contributed by atoms with Gasteiger partial charge < -0.3 is 9.47 Å². The van der Waals surface area contributed by atoms with Crippen LogP contribution in [-0.4, -0.2) is 33.7 Å². The quantitative estimate of drug-likeness (QED) is 0.830. The Labute approximate surface area is 115 Å². The van der Waals surface area contributed by atoms with Crippen LogP contribution in [0.3, 0.4) is 0 Å². The molecule has 1 atom stereocenters. The number of hydrogen-bond acceptors (Lipinski definition) is 5. The highest BCUT2D eigenvalue weighted by atomic mass is 32.2. The molecule has 1 saturated heterocycles. The summed E-state index contributed by atoms with van der Waals surface area (Å²) in [6.07, 6.45) is 1.47. The molecule has 20 heavy (non-hydrogen) atoms. The molecule has 0 aromatic heterocycles. The number of esters is 1. The molecule has 0 aliphatic carbocycles. The van der Waals surface area contributed by atoms with Crippen molar-refractivity contribution in [1.82, 2.24) is 0 Å². The van der Waals surface area contributed by atoms with E-state index >= 15 is 0 Å². The van der Waals surface area contributed by atoms with Crippen molar-refractivity contribution in [3.05, 3.63) is 29.6 Å². The van der Waals surface area contributed by atoms with Crippen molar-refractivity contribution in [1.29, 1.82) is 0 Å². The average Bonchev–Trinajstić information content (AvgIpc) is 2.88. The van der Waals surface area contributed by atoms with Gasteiger partial charge in [-0.25, -0.2) is 22.7 Å². The fraction of sp³-hybridized carbons (Fsp3) is 0.417. The van der Waals surface area contributed by atoms with Crippen LogP contribution >= 0.6 is 0 Å². The summed E-state index contributed by atoms with van der Waals surface area (Å²) >= 11 is 0. The van der Waals surface area contributed by atoms with Crippen LogP contribution in [-0.2, 0) is 19.5 Å². The van der Waals surface area contributed by atoms with Crippen molar-refractivity contribution in [2.75, 3.05) is 13.2 Å². The SMILES string of the molecule is NS(=O)(=O)c1ccc(F)c(C(=O)OC[C@H]2CCCO2)c1. The van der Waals surface area contributed by atoms with Gasteiger partial charge in [0, 0.05) is 6.61 Å². The van der Waals surface area contributed by atoms with Crippen LogP contribution in [0.5, 0.6) is 0 Å². The van der Waals surface area contributed by atoms with Crippen molar-refractivity contribution in [3.8, 4) is 0 Å². The van der Waals surface area contributed by atoms with Crippen LogP contribution in [0.4, 0.5) is 4.39 Å². The summed E-state index contributed by atoms with van der Waals surface area (Å²) < 4.78 is 46.1. The van der Waals surface area contributed by atoms with Crippen LogP contribution in [0.1, 0.15) is 23.2 Å². The number of ether oxygens (including phenoxy) is 2. The van der Waals surface area contributed by atoms with Gasteiger partial charge in [-0.05, 0) is 31.0 Å². The molecule has 0 saturated carbocycles. The molecule has 1 aliphatic heterocycles. The first kappa shape index (κ1) is 14.9. The van der Waals surface area contributed by atoms with E-state index in [-0.39, 0.29) is 17.6 Å². The van der Waals surface area contributed by atoms with E-state index in [4.69, 9.17) is 14.6 Å². The second-order valence-corrected chi connectivity index (χ2v) is 5.98. The van der Waals surface area contributed by atoms with E-state index in [0.717, 1.165) is 31.0 Å². The molecule has 2 N–H and O–H groups in total. The Kier molecular flexibility index (Phi) is 4.36. The first-order valence-corrected chi connectivity index (χ1v) is 7.53. The Morgan fingerprint density at radius 1 is 1.50 bits per heavy atom. The van der Waals surface area contributed by atoms with E-state index in [1.165, 1.54) is 0 Å². The number of benzene rings is 1. The zero-order valence-electron chi connectivity index (χ0n) is 10.5. The van der Waals surface area contributed by atoms with E-state index in [1.54, 1.807) is 0 Å². The van der Waals surface area contributed by atoms with Crippen molar-refractivity contribution in [2.45, 2.75) is 23.8 Å². The predicted octanol–water partition coefficient (Wildman–Crippen LogP) is 0.809. The second kappa shape index (κ2) is 5.86. The van der Waals surface area contributed by atoms with Crippen LogP contribution in [0.15, 0.2) is 23.1 Å². The van der Waals surface area contributed by atoms with Gasteiger partial charge in [0.2, 0.25) is 10.0 Å². The molecule has 1 aromatic carbocycles. The van der Waals surface area contributed by atoms with E-state index in [2.05, 4.69) is 0 Å². The fourth-order valence-corrected chi connectivity index (χ4v) is 2.40. The fourth-order valence-electron chi connectivity index (χ4n) is 1.86. The van der Waals surface area contributed by atoms with Crippen LogP contribution < -0.4 is 5.14 Å². The van der Waals surface area contributed by atoms with Crippen LogP contribution in [0.25, 0.3) is 0 Å². The van der Waals surface area contributed by atoms with E-state index in [0.29, 0.717) is 6.61 Å². The minimum absolute atomic E-state index is 0.0118. The highest BCUT2D eigenvalue weighted by molar-refractivity contribution is 7.89. The topological polar surface area (TPSA) is 95.7 Å². The normalized spacial score (nSPS) is 19.0.